The van der Waals surface area contributed by atoms with Gasteiger partial charge in [0.2, 0.25) is 0 Å². The molecule has 0 aromatic carbocycles. The summed E-state index contributed by atoms with van der Waals surface area (Å²) in [6.45, 7) is 8.15. The smallest absolute Gasteiger partial charge is 0.0587 e. The van der Waals surface area contributed by atoms with E-state index in [1.165, 1.54) is 19.4 Å². The fraction of sp³-hybridized carbons (Fsp3) is 1.00. The van der Waals surface area contributed by atoms with Crippen LogP contribution in [0.5, 0.6) is 0 Å². The van der Waals surface area contributed by atoms with Gasteiger partial charge in [0.15, 0.2) is 0 Å². The van der Waals surface area contributed by atoms with Gasteiger partial charge in [-0.15, -0.1) is 0 Å². The lowest BCUT2D eigenvalue weighted by Gasteiger charge is -2.33. The van der Waals surface area contributed by atoms with Crippen molar-refractivity contribution in [3.63, 3.8) is 0 Å². The Kier molecular flexibility index (Phi) is 6.28. The Morgan fingerprint density at radius 2 is 2.19 bits per heavy atom. The second-order valence-electron chi connectivity index (χ2n) is 4.69. The molecule has 1 heterocycles. The predicted octanol–water partition coefficient (Wildman–Crippen LogP) is 0.426. The molecule has 1 aliphatic heterocycles. The van der Waals surface area contributed by atoms with Crippen molar-refractivity contribution in [2.45, 2.75) is 31.7 Å². The van der Waals surface area contributed by atoms with Crippen molar-refractivity contribution in [3.05, 3.63) is 0 Å². The Balaban J connectivity index is 2.44. The third-order valence-electron chi connectivity index (χ3n) is 3.68. The Morgan fingerprint density at radius 1 is 1.38 bits per heavy atom. The van der Waals surface area contributed by atoms with Crippen LogP contribution in [-0.4, -0.2) is 56.9 Å². The zero-order chi connectivity index (χ0) is 11.9. The molecule has 0 saturated carbocycles. The van der Waals surface area contributed by atoms with Crippen LogP contribution >= 0.6 is 0 Å². The Morgan fingerprint density at radius 3 is 2.81 bits per heavy atom. The highest BCUT2D eigenvalue weighted by molar-refractivity contribution is 4.92. The van der Waals surface area contributed by atoms with Crippen LogP contribution in [0.2, 0.25) is 0 Å². The Bertz CT molecular complexity index is 189. The van der Waals surface area contributed by atoms with Crippen molar-refractivity contribution < 1.29 is 4.74 Å². The average Bonchev–Trinajstić information content (AvgIpc) is 2.52. The molecule has 16 heavy (non-hydrogen) atoms. The van der Waals surface area contributed by atoms with Gasteiger partial charge in [-0.05, 0) is 38.9 Å². The minimum absolute atomic E-state index is 0.141. The van der Waals surface area contributed by atoms with Crippen molar-refractivity contribution in [2.24, 2.45) is 5.73 Å². The van der Waals surface area contributed by atoms with Crippen molar-refractivity contribution in [2.75, 3.05) is 46.4 Å². The Hall–Kier alpha value is -0.160. The minimum Gasteiger partial charge on any atom is -0.383 e. The second-order valence-corrected chi connectivity index (χ2v) is 4.69. The molecule has 1 fully saturated rings. The second kappa shape index (κ2) is 7.22. The lowest BCUT2D eigenvalue weighted by Crippen LogP contribution is -2.52. The number of ether oxygens (including phenoxy) is 1. The molecular formula is C12H27N3O. The largest absolute Gasteiger partial charge is 0.383 e. The maximum atomic E-state index is 5.95. The number of hydrogen-bond acceptors (Lipinski definition) is 4. The molecular weight excluding hydrogens is 202 g/mol. The van der Waals surface area contributed by atoms with Gasteiger partial charge in [-0.3, -0.25) is 0 Å². The summed E-state index contributed by atoms with van der Waals surface area (Å²) in [5.41, 5.74) is 6.10. The van der Waals surface area contributed by atoms with Crippen molar-refractivity contribution >= 4 is 0 Å². The lowest BCUT2D eigenvalue weighted by molar-refractivity contribution is 0.178. The maximum absolute atomic E-state index is 5.95. The molecule has 96 valence electrons. The van der Waals surface area contributed by atoms with E-state index in [1.54, 1.807) is 7.11 Å². The number of nitrogens with two attached hydrogens (primary N) is 1. The van der Waals surface area contributed by atoms with E-state index < -0.39 is 0 Å². The van der Waals surface area contributed by atoms with Crippen LogP contribution in [0.4, 0.5) is 0 Å². The van der Waals surface area contributed by atoms with Crippen LogP contribution in [0.1, 0.15) is 26.2 Å². The zero-order valence-electron chi connectivity index (χ0n) is 10.8. The first-order valence-electron chi connectivity index (χ1n) is 6.43. The molecule has 1 saturated heterocycles. The topological polar surface area (TPSA) is 50.5 Å². The van der Waals surface area contributed by atoms with Crippen molar-refractivity contribution in [1.82, 2.24) is 10.2 Å². The van der Waals surface area contributed by atoms with Gasteiger partial charge in [0.25, 0.3) is 0 Å². The number of nitrogens with zero attached hydrogens (tertiary/aromatic N) is 1. The fourth-order valence-electron chi connectivity index (χ4n) is 2.44. The molecule has 1 rings (SSSR count). The number of hydrogen-bond donors (Lipinski definition) is 2. The molecule has 1 unspecified atom stereocenters. The number of likely N-dealkylation sites (tertiary alicyclic amines) is 1. The molecule has 0 amide bonds. The SMILES string of the molecule is CCN1CCCC(CN)(NCCOC)CC1. The quantitative estimate of drug-likeness (QED) is 0.648. The van der Waals surface area contributed by atoms with E-state index in [0.29, 0.717) is 0 Å². The van der Waals surface area contributed by atoms with Crippen molar-refractivity contribution in [3.8, 4) is 0 Å². The highest BCUT2D eigenvalue weighted by atomic mass is 16.5. The van der Waals surface area contributed by atoms with Gasteiger partial charge >= 0.3 is 0 Å². The third kappa shape index (κ3) is 4.01. The van der Waals surface area contributed by atoms with Crippen molar-refractivity contribution in [1.29, 1.82) is 0 Å². The summed E-state index contributed by atoms with van der Waals surface area (Å²) in [5, 5.41) is 3.59. The lowest BCUT2D eigenvalue weighted by atomic mass is 9.90. The monoisotopic (exact) mass is 229 g/mol. The standard InChI is InChI=1S/C12H27N3O/c1-3-15-8-4-5-12(11-13,6-9-15)14-7-10-16-2/h14H,3-11,13H2,1-2H3. The number of nitrogens with one attached hydrogen (secondary N) is 1. The van der Waals surface area contributed by atoms with E-state index in [0.717, 1.165) is 39.2 Å². The summed E-state index contributed by atoms with van der Waals surface area (Å²) in [5.74, 6) is 0. The average molecular weight is 229 g/mol. The maximum Gasteiger partial charge on any atom is 0.0587 e. The number of methoxy groups -OCH3 is 1. The molecule has 4 nitrogen and oxygen atoms in total. The van der Waals surface area contributed by atoms with Crippen LogP contribution in [0, 0.1) is 0 Å². The summed E-state index contributed by atoms with van der Waals surface area (Å²) in [6.07, 6.45) is 3.58. The van der Waals surface area contributed by atoms with Gasteiger partial charge < -0.3 is 20.7 Å². The molecule has 3 N–H and O–H groups in total. The molecule has 0 aromatic rings. The van der Waals surface area contributed by atoms with Crippen LogP contribution < -0.4 is 11.1 Å². The summed E-state index contributed by atoms with van der Waals surface area (Å²) in [6, 6.07) is 0. The first-order valence-corrected chi connectivity index (χ1v) is 6.43. The minimum atomic E-state index is 0.141. The van der Waals surface area contributed by atoms with E-state index in [2.05, 4.69) is 17.1 Å². The van der Waals surface area contributed by atoms with Gasteiger partial charge in [-0.1, -0.05) is 6.92 Å². The van der Waals surface area contributed by atoms with E-state index in [-0.39, 0.29) is 5.54 Å². The van der Waals surface area contributed by atoms with Crippen LogP contribution in [0.25, 0.3) is 0 Å². The molecule has 1 atom stereocenters. The molecule has 4 heteroatoms. The summed E-state index contributed by atoms with van der Waals surface area (Å²) >= 11 is 0. The highest BCUT2D eigenvalue weighted by Gasteiger charge is 2.30. The molecule has 0 radical (unpaired) electrons. The summed E-state index contributed by atoms with van der Waals surface area (Å²) in [7, 11) is 1.74. The van der Waals surface area contributed by atoms with Crippen LogP contribution in [0.15, 0.2) is 0 Å². The van der Waals surface area contributed by atoms with Gasteiger partial charge in [0.1, 0.15) is 0 Å². The molecule has 0 aromatic heterocycles. The fourth-order valence-corrected chi connectivity index (χ4v) is 2.44. The summed E-state index contributed by atoms with van der Waals surface area (Å²) < 4.78 is 5.08. The first kappa shape index (κ1) is 13.9. The van der Waals surface area contributed by atoms with E-state index in [4.69, 9.17) is 10.5 Å². The molecule has 0 spiro atoms. The summed E-state index contributed by atoms with van der Waals surface area (Å²) in [4.78, 5) is 2.51. The van der Waals surface area contributed by atoms with Gasteiger partial charge in [0.05, 0.1) is 6.61 Å². The normalized spacial score (nSPS) is 27.9. The van der Waals surface area contributed by atoms with E-state index in [1.807, 2.05) is 0 Å². The van der Waals surface area contributed by atoms with E-state index >= 15 is 0 Å². The molecule has 0 bridgehead atoms. The van der Waals surface area contributed by atoms with Crippen LogP contribution in [-0.2, 0) is 4.74 Å². The third-order valence-corrected chi connectivity index (χ3v) is 3.68. The number of rotatable bonds is 6. The van der Waals surface area contributed by atoms with Gasteiger partial charge in [0, 0.05) is 25.7 Å². The molecule has 0 aliphatic carbocycles. The van der Waals surface area contributed by atoms with E-state index in [9.17, 15) is 0 Å². The van der Waals surface area contributed by atoms with Gasteiger partial charge in [-0.25, -0.2) is 0 Å². The highest BCUT2D eigenvalue weighted by Crippen LogP contribution is 2.21. The van der Waals surface area contributed by atoms with Crippen LogP contribution in [0.3, 0.4) is 0 Å². The zero-order valence-corrected chi connectivity index (χ0v) is 10.8. The predicted molar refractivity (Wildman–Crippen MR) is 67.6 cm³/mol. The Labute approximate surface area is 99.5 Å². The van der Waals surface area contributed by atoms with Gasteiger partial charge in [-0.2, -0.15) is 0 Å². The first-order chi connectivity index (χ1) is 7.76. The molecule has 1 aliphatic rings.